The lowest BCUT2D eigenvalue weighted by atomic mass is 10.1. The van der Waals surface area contributed by atoms with Crippen LogP contribution in [0.2, 0.25) is 0 Å². The Morgan fingerprint density at radius 1 is 0.436 bits per heavy atom. The van der Waals surface area contributed by atoms with Crippen LogP contribution in [0.3, 0.4) is 0 Å². The number of hydrogen-bond donors (Lipinski definition) is 0. The molecule has 0 radical (unpaired) electrons. The van der Waals surface area contributed by atoms with Crippen LogP contribution in [-0.2, 0) is 4.74 Å². The van der Waals surface area contributed by atoms with Gasteiger partial charge in [0.1, 0.15) is 0 Å². The smallest absolute Gasteiger partial charge is 0.400 e. The fourth-order valence-electron chi connectivity index (χ4n) is 4.99. The quantitative estimate of drug-likeness (QED) is 0.260. The summed E-state index contributed by atoms with van der Waals surface area (Å²) in [6.45, 7) is 0. The second kappa shape index (κ2) is 9.50. The van der Waals surface area contributed by atoms with E-state index in [0.29, 0.717) is 5.90 Å². The SMILES string of the molecule is c1ccc(C2=NN(c3ccccc3)C3(O2)N(c2ccccc2)N=C(c2ccccc2)N3c2ccccc2)cc1. The van der Waals surface area contributed by atoms with Gasteiger partial charge in [-0.25, -0.2) is 4.90 Å². The molecule has 6 nitrogen and oxygen atoms in total. The van der Waals surface area contributed by atoms with Gasteiger partial charge < -0.3 is 4.74 Å². The Kier molecular flexibility index (Phi) is 5.56. The number of hydrazone groups is 2. The van der Waals surface area contributed by atoms with Gasteiger partial charge in [0.25, 0.3) is 0 Å². The zero-order valence-electron chi connectivity index (χ0n) is 21.1. The van der Waals surface area contributed by atoms with E-state index in [2.05, 4.69) is 29.2 Å². The molecule has 0 saturated carbocycles. The molecule has 2 heterocycles. The Morgan fingerprint density at radius 2 is 0.846 bits per heavy atom. The van der Waals surface area contributed by atoms with E-state index < -0.39 is 5.97 Å². The van der Waals surface area contributed by atoms with Crippen molar-refractivity contribution < 1.29 is 4.74 Å². The summed E-state index contributed by atoms with van der Waals surface area (Å²) in [6, 6.07) is 50.6. The standard InChI is InChI=1S/C33H25N5O/c1-6-16-26(17-7-1)31-34-37(29-22-12-4-13-23-29)33(36(31)28-20-10-3-11-21-28)38(30-24-14-5-15-25-30)35-32(39-33)27-18-8-2-9-19-27/h1-25H. The van der Waals surface area contributed by atoms with Crippen molar-refractivity contribution in [3.05, 3.63) is 163 Å². The van der Waals surface area contributed by atoms with E-state index in [9.17, 15) is 0 Å². The predicted molar refractivity (Wildman–Crippen MR) is 157 cm³/mol. The summed E-state index contributed by atoms with van der Waals surface area (Å²) in [6.07, 6.45) is 0. The van der Waals surface area contributed by atoms with E-state index in [-0.39, 0.29) is 0 Å². The van der Waals surface area contributed by atoms with Crippen LogP contribution in [0.15, 0.2) is 162 Å². The number of amidine groups is 1. The third-order valence-corrected chi connectivity index (χ3v) is 6.74. The summed E-state index contributed by atoms with van der Waals surface area (Å²) in [7, 11) is 0. The number of anilines is 3. The number of rotatable bonds is 5. The highest BCUT2D eigenvalue weighted by atomic mass is 16.6. The minimum atomic E-state index is -1.31. The first-order valence-electron chi connectivity index (χ1n) is 12.9. The van der Waals surface area contributed by atoms with Crippen molar-refractivity contribution in [1.29, 1.82) is 0 Å². The van der Waals surface area contributed by atoms with Gasteiger partial charge in [-0.3, -0.25) is 0 Å². The minimum Gasteiger partial charge on any atom is -0.410 e. The second-order valence-electron chi connectivity index (χ2n) is 9.20. The first-order chi connectivity index (χ1) is 19.3. The first kappa shape index (κ1) is 22.8. The second-order valence-corrected chi connectivity index (χ2v) is 9.20. The van der Waals surface area contributed by atoms with E-state index in [1.807, 2.05) is 137 Å². The molecule has 39 heavy (non-hydrogen) atoms. The third-order valence-electron chi connectivity index (χ3n) is 6.74. The molecule has 1 unspecified atom stereocenters. The summed E-state index contributed by atoms with van der Waals surface area (Å²) in [5.41, 5.74) is 4.50. The van der Waals surface area contributed by atoms with E-state index in [1.165, 1.54) is 0 Å². The summed E-state index contributed by atoms with van der Waals surface area (Å²) in [5.74, 6) is -0.0534. The van der Waals surface area contributed by atoms with Gasteiger partial charge in [0.15, 0.2) is 5.84 Å². The van der Waals surface area contributed by atoms with Crippen LogP contribution in [0.5, 0.6) is 0 Å². The van der Waals surface area contributed by atoms with Gasteiger partial charge in [0.2, 0.25) is 5.90 Å². The maximum atomic E-state index is 7.06. The third kappa shape index (κ3) is 3.81. The van der Waals surface area contributed by atoms with Crippen LogP contribution >= 0.6 is 0 Å². The average molecular weight is 508 g/mol. The molecular weight excluding hydrogens is 482 g/mol. The van der Waals surface area contributed by atoms with Crippen LogP contribution in [-0.4, -0.2) is 17.7 Å². The summed E-state index contributed by atoms with van der Waals surface area (Å²) in [5, 5.41) is 14.2. The van der Waals surface area contributed by atoms with Crippen LogP contribution in [0.1, 0.15) is 11.1 Å². The maximum Gasteiger partial charge on any atom is 0.400 e. The van der Waals surface area contributed by atoms with Crippen LogP contribution in [0.25, 0.3) is 0 Å². The van der Waals surface area contributed by atoms with Gasteiger partial charge in [-0.05, 0) is 48.5 Å². The minimum absolute atomic E-state index is 0.505. The molecule has 1 spiro atoms. The van der Waals surface area contributed by atoms with Gasteiger partial charge in [-0.15, -0.1) is 10.2 Å². The number of para-hydroxylation sites is 3. The zero-order chi connectivity index (χ0) is 26.1. The van der Waals surface area contributed by atoms with Crippen LogP contribution < -0.4 is 14.9 Å². The summed E-state index contributed by atoms with van der Waals surface area (Å²) in [4.78, 5) is 2.13. The maximum absolute atomic E-state index is 7.06. The molecule has 2 aliphatic heterocycles. The Labute approximate surface area is 227 Å². The average Bonchev–Trinajstić information content (AvgIpc) is 3.58. The van der Waals surface area contributed by atoms with Crippen LogP contribution in [0, 0.1) is 0 Å². The molecule has 0 saturated heterocycles. The highest BCUT2D eigenvalue weighted by molar-refractivity contribution is 6.14. The molecule has 5 aromatic carbocycles. The zero-order valence-corrected chi connectivity index (χ0v) is 21.1. The fourth-order valence-corrected chi connectivity index (χ4v) is 4.99. The predicted octanol–water partition coefficient (Wildman–Crippen LogP) is 6.88. The molecule has 6 heteroatoms. The molecule has 188 valence electrons. The van der Waals surface area contributed by atoms with E-state index in [4.69, 9.17) is 14.9 Å². The number of benzene rings is 5. The lowest BCUT2D eigenvalue weighted by Crippen LogP contribution is -2.65. The Balaban J connectivity index is 1.52. The summed E-state index contributed by atoms with van der Waals surface area (Å²) < 4.78 is 7.06. The molecule has 2 aliphatic rings. The molecule has 1 atom stereocenters. The molecule has 0 aliphatic carbocycles. The molecule has 0 amide bonds. The number of hydrogen-bond acceptors (Lipinski definition) is 6. The van der Waals surface area contributed by atoms with Crippen molar-refractivity contribution in [1.82, 2.24) is 0 Å². The van der Waals surface area contributed by atoms with Gasteiger partial charge in [-0.1, -0.05) is 103 Å². The molecule has 0 bridgehead atoms. The van der Waals surface area contributed by atoms with Crippen molar-refractivity contribution >= 4 is 28.8 Å². The Morgan fingerprint density at radius 3 is 1.36 bits per heavy atom. The van der Waals surface area contributed by atoms with Crippen molar-refractivity contribution in [3.8, 4) is 0 Å². The summed E-state index contributed by atoms with van der Waals surface area (Å²) >= 11 is 0. The molecule has 7 rings (SSSR count). The van der Waals surface area contributed by atoms with Crippen molar-refractivity contribution in [2.45, 2.75) is 5.97 Å². The van der Waals surface area contributed by atoms with Crippen molar-refractivity contribution in [2.75, 3.05) is 14.9 Å². The lowest BCUT2D eigenvalue weighted by molar-refractivity contribution is 0.0908. The topological polar surface area (TPSA) is 43.7 Å². The Hall–Kier alpha value is -5.36. The highest BCUT2D eigenvalue weighted by Crippen LogP contribution is 2.46. The van der Waals surface area contributed by atoms with E-state index >= 15 is 0 Å². The van der Waals surface area contributed by atoms with Crippen molar-refractivity contribution in [2.24, 2.45) is 10.2 Å². The number of ether oxygens (including phenoxy) is 1. The molecule has 5 aromatic rings. The first-order valence-corrected chi connectivity index (χ1v) is 12.9. The van der Waals surface area contributed by atoms with Crippen molar-refractivity contribution in [3.63, 3.8) is 0 Å². The van der Waals surface area contributed by atoms with Gasteiger partial charge in [0, 0.05) is 11.1 Å². The lowest BCUT2D eigenvalue weighted by Gasteiger charge is -2.43. The van der Waals surface area contributed by atoms with Crippen LogP contribution in [0.4, 0.5) is 17.1 Å². The van der Waals surface area contributed by atoms with E-state index in [0.717, 1.165) is 34.0 Å². The molecule has 0 aromatic heterocycles. The molecular formula is C33H25N5O. The highest BCUT2D eigenvalue weighted by Gasteiger charge is 2.62. The largest absolute Gasteiger partial charge is 0.410 e. The van der Waals surface area contributed by atoms with Gasteiger partial charge in [0.05, 0.1) is 17.1 Å². The normalized spacial score (nSPS) is 18.2. The van der Waals surface area contributed by atoms with Gasteiger partial charge >= 0.3 is 5.97 Å². The fraction of sp³-hybridized carbons (Fsp3) is 0.0303. The van der Waals surface area contributed by atoms with E-state index in [1.54, 1.807) is 0 Å². The number of nitrogens with zero attached hydrogens (tertiary/aromatic N) is 5. The molecule has 0 N–H and O–H groups in total. The van der Waals surface area contributed by atoms with Gasteiger partial charge in [-0.2, -0.15) is 10.0 Å². The monoisotopic (exact) mass is 507 g/mol. The Bertz CT molecular complexity index is 1580. The molecule has 0 fully saturated rings.